The van der Waals surface area contributed by atoms with Crippen LogP contribution < -0.4 is 11.1 Å². The molecule has 0 aliphatic carbocycles. The van der Waals surface area contributed by atoms with E-state index in [1.165, 1.54) is 0 Å². The molecule has 0 amide bonds. The molecule has 0 bridgehead atoms. The molecule has 3 nitrogen and oxygen atoms in total. The first-order valence-electron chi connectivity index (χ1n) is 4.09. The summed E-state index contributed by atoms with van der Waals surface area (Å²) < 4.78 is 0. The summed E-state index contributed by atoms with van der Waals surface area (Å²) in [5, 5.41) is 12.7. The lowest BCUT2D eigenvalue weighted by atomic mass is 9.98. The molecule has 0 unspecified atom stereocenters. The number of hydrogen-bond acceptors (Lipinski definition) is 3. The van der Waals surface area contributed by atoms with Crippen molar-refractivity contribution in [3.05, 3.63) is 23.3 Å². The molecule has 0 radical (unpaired) electrons. The molecule has 0 aromatic heterocycles. The predicted octanol–water partition coefficient (Wildman–Crippen LogP) is 0.620. The van der Waals surface area contributed by atoms with Gasteiger partial charge in [0.15, 0.2) is 0 Å². The summed E-state index contributed by atoms with van der Waals surface area (Å²) in [6.07, 6.45) is 0.912. The normalized spacial score (nSPS) is 15.7. The third-order valence-corrected chi connectivity index (χ3v) is 2.30. The highest BCUT2D eigenvalue weighted by molar-refractivity contribution is 5.56. The number of benzene rings is 1. The Morgan fingerprint density at radius 1 is 1.33 bits per heavy atom. The molecule has 4 N–H and O–H groups in total. The van der Waals surface area contributed by atoms with E-state index in [0.29, 0.717) is 5.75 Å². The Bertz CT molecular complexity index is 279. The van der Waals surface area contributed by atoms with E-state index in [9.17, 15) is 5.11 Å². The van der Waals surface area contributed by atoms with Crippen molar-refractivity contribution in [2.75, 3.05) is 12.3 Å². The van der Waals surface area contributed by atoms with E-state index in [1.807, 2.05) is 0 Å². The van der Waals surface area contributed by atoms with Crippen molar-refractivity contribution in [2.45, 2.75) is 13.0 Å². The lowest BCUT2D eigenvalue weighted by molar-refractivity contribution is 0.459. The quantitative estimate of drug-likeness (QED) is 0.389. The minimum Gasteiger partial charge on any atom is -0.508 e. The van der Waals surface area contributed by atoms with Gasteiger partial charge in [-0.3, -0.25) is 0 Å². The smallest absolute Gasteiger partial charge is 0.120 e. The monoisotopic (exact) mass is 164 g/mol. The Morgan fingerprint density at radius 2 is 2.17 bits per heavy atom. The van der Waals surface area contributed by atoms with Gasteiger partial charge >= 0.3 is 0 Å². The molecule has 0 saturated heterocycles. The number of phenolic OH excluding ortho intramolecular Hbond substituents is 1. The fourth-order valence-corrected chi connectivity index (χ4v) is 1.62. The van der Waals surface area contributed by atoms with Crippen LogP contribution in [0.15, 0.2) is 12.1 Å². The Kier molecular flexibility index (Phi) is 1.66. The van der Waals surface area contributed by atoms with Crippen molar-refractivity contribution in [3.63, 3.8) is 0 Å². The van der Waals surface area contributed by atoms with Gasteiger partial charge in [0.25, 0.3) is 0 Å². The topological polar surface area (TPSA) is 58.3 Å². The molecule has 1 aromatic carbocycles. The molecule has 12 heavy (non-hydrogen) atoms. The Morgan fingerprint density at radius 3 is 2.92 bits per heavy atom. The van der Waals surface area contributed by atoms with Gasteiger partial charge in [0.05, 0.1) is 0 Å². The zero-order valence-corrected chi connectivity index (χ0v) is 6.80. The molecular formula is C9H12N2O. The van der Waals surface area contributed by atoms with Crippen LogP contribution in [0, 0.1) is 0 Å². The van der Waals surface area contributed by atoms with Crippen LogP contribution in [-0.4, -0.2) is 11.7 Å². The Labute approximate surface area is 71.2 Å². The highest BCUT2D eigenvalue weighted by Gasteiger charge is 2.14. The molecule has 3 heteroatoms. The zero-order valence-electron chi connectivity index (χ0n) is 6.80. The van der Waals surface area contributed by atoms with Crippen LogP contribution in [0.25, 0.3) is 0 Å². The second kappa shape index (κ2) is 2.68. The second-order valence-corrected chi connectivity index (χ2v) is 3.06. The van der Waals surface area contributed by atoms with Gasteiger partial charge in [0, 0.05) is 17.8 Å². The molecular weight excluding hydrogens is 152 g/mol. The van der Waals surface area contributed by atoms with Gasteiger partial charge < -0.3 is 16.2 Å². The summed E-state index contributed by atoms with van der Waals surface area (Å²) in [4.78, 5) is 0. The molecule has 1 heterocycles. The molecule has 0 atom stereocenters. The van der Waals surface area contributed by atoms with Crippen LogP contribution in [0.2, 0.25) is 0 Å². The SMILES string of the molecule is Nc1ccc(O)c2c1CCNC2. The lowest BCUT2D eigenvalue weighted by Gasteiger charge is -2.19. The van der Waals surface area contributed by atoms with Crippen molar-refractivity contribution >= 4 is 5.69 Å². The van der Waals surface area contributed by atoms with Crippen molar-refractivity contribution < 1.29 is 5.11 Å². The molecule has 64 valence electrons. The summed E-state index contributed by atoms with van der Waals surface area (Å²) in [7, 11) is 0. The number of aromatic hydroxyl groups is 1. The van der Waals surface area contributed by atoms with Crippen molar-refractivity contribution in [2.24, 2.45) is 0 Å². The van der Waals surface area contributed by atoms with Crippen LogP contribution in [-0.2, 0) is 13.0 Å². The van der Waals surface area contributed by atoms with Gasteiger partial charge in [-0.25, -0.2) is 0 Å². The zero-order chi connectivity index (χ0) is 8.55. The van der Waals surface area contributed by atoms with E-state index in [4.69, 9.17) is 5.73 Å². The second-order valence-electron chi connectivity index (χ2n) is 3.06. The molecule has 1 aliphatic rings. The molecule has 0 fully saturated rings. The third kappa shape index (κ3) is 1.02. The van der Waals surface area contributed by atoms with Crippen LogP contribution in [0.5, 0.6) is 5.75 Å². The third-order valence-electron chi connectivity index (χ3n) is 2.30. The van der Waals surface area contributed by atoms with Gasteiger partial charge in [0.1, 0.15) is 5.75 Å². The molecule has 0 saturated carbocycles. The standard InChI is InChI=1S/C9H12N2O/c10-8-1-2-9(12)7-5-11-4-3-6(7)8/h1-2,11-12H,3-5,10H2. The number of nitrogens with one attached hydrogen (secondary N) is 1. The van der Waals surface area contributed by atoms with Crippen molar-refractivity contribution in [3.8, 4) is 5.75 Å². The summed E-state index contributed by atoms with van der Waals surface area (Å²) in [6, 6.07) is 3.42. The highest BCUT2D eigenvalue weighted by Crippen LogP contribution is 2.28. The number of fused-ring (bicyclic) bond motifs is 1. The van der Waals surface area contributed by atoms with Gasteiger partial charge in [-0.15, -0.1) is 0 Å². The highest BCUT2D eigenvalue weighted by atomic mass is 16.3. The summed E-state index contributed by atoms with van der Waals surface area (Å²) in [5.74, 6) is 0.353. The van der Waals surface area contributed by atoms with Crippen LogP contribution in [0.1, 0.15) is 11.1 Å². The molecule has 2 rings (SSSR count). The Balaban J connectivity index is 2.57. The number of nitrogen functional groups attached to an aromatic ring is 1. The molecule has 1 aromatic rings. The summed E-state index contributed by atoms with van der Waals surface area (Å²) in [5.41, 5.74) is 8.63. The van der Waals surface area contributed by atoms with Gasteiger partial charge in [-0.1, -0.05) is 0 Å². The van der Waals surface area contributed by atoms with E-state index in [2.05, 4.69) is 5.32 Å². The van der Waals surface area contributed by atoms with Gasteiger partial charge in [-0.2, -0.15) is 0 Å². The lowest BCUT2D eigenvalue weighted by Crippen LogP contribution is -2.24. The minimum absolute atomic E-state index is 0.353. The summed E-state index contributed by atoms with van der Waals surface area (Å²) >= 11 is 0. The number of hydrogen-bond donors (Lipinski definition) is 3. The molecule has 0 spiro atoms. The summed E-state index contributed by atoms with van der Waals surface area (Å²) in [6.45, 7) is 1.67. The first kappa shape index (κ1) is 7.43. The van der Waals surface area contributed by atoms with Crippen LogP contribution in [0.4, 0.5) is 5.69 Å². The number of rotatable bonds is 0. The van der Waals surface area contributed by atoms with E-state index in [1.54, 1.807) is 12.1 Å². The number of nitrogens with two attached hydrogens (primary N) is 1. The van der Waals surface area contributed by atoms with Crippen LogP contribution >= 0.6 is 0 Å². The van der Waals surface area contributed by atoms with E-state index >= 15 is 0 Å². The first-order valence-corrected chi connectivity index (χ1v) is 4.09. The average Bonchev–Trinajstić information content (AvgIpc) is 2.12. The number of anilines is 1. The van der Waals surface area contributed by atoms with Crippen LogP contribution in [0.3, 0.4) is 0 Å². The maximum atomic E-state index is 9.49. The average molecular weight is 164 g/mol. The van der Waals surface area contributed by atoms with E-state index < -0.39 is 0 Å². The minimum atomic E-state index is 0.353. The Hall–Kier alpha value is -1.22. The largest absolute Gasteiger partial charge is 0.508 e. The van der Waals surface area contributed by atoms with Gasteiger partial charge in [-0.05, 0) is 30.7 Å². The molecule has 1 aliphatic heterocycles. The predicted molar refractivity (Wildman–Crippen MR) is 47.9 cm³/mol. The van der Waals surface area contributed by atoms with Crippen molar-refractivity contribution in [1.29, 1.82) is 0 Å². The maximum Gasteiger partial charge on any atom is 0.120 e. The van der Waals surface area contributed by atoms with Crippen molar-refractivity contribution in [1.82, 2.24) is 5.32 Å². The fraction of sp³-hybridized carbons (Fsp3) is 0.333. The fourth-order valence-electron chi connectivity index (χ4n) is 1.62. The first-order chi connectivity index (χ1) is 5.79. The van der Waals surface area contributed by atoms with E-state index in [0.717, 1.165) is 36.3 Å². The number of phenols is 1. The van der Waals surface area contributed by atoms with Gasteiger partial charge in [0.2, 0.25) is 0 Å². The van der Waals surface area contributed by atoms with E-state index in [-0.39, 0.29) is 0 Å². The maximum absolute atomic E-state index is 9.49.